The van der Waals surface area contributed by atoms with Crippen LogP contribution in [0.25, 0.3) is 0 Å². The van der Waals surface area contributed by atoms with Gasteiger partial charge in [0.15, 0.2) is 0 Å². The van der Waals surface area contributed by atoms with Crippen molar-refractivity contribution in [3.63, 3.8) is 0 Å². The molecule has 1 aromatic rings. The maximum Gasteiger partial charge on any atom is 0.115 e. The first-order chi connectivity index (χ1) is 8.28. The molecule has 1 aromatic carbocycles. The van der Waals surface area contributed by atoms with Crippen molar-refractivity contribution in [3.8, 4) is 5.75 Å². The van der Waals surface area contributed by atoms with Crippen LogP contribution in [0.2, 0.25) is 0 Å². The van der Waals surface area contributed by atoms with E-state index >= 15 is 0 Å². The van der Waals surface area contributed by atoms with Crippen LogP contribution in [-0.4, -0.2) is 11.1 Å². The molecule has 0 aromatic heterocycles. The standard InChI is InChI=1S/C15H21NO/c1-2-10-9-15(10)16-14-5-3-4-11-8-12(17)6-7-13(11)14/h6-8,10,14-17H,2-5,9H2,1H3. The summed E-state index contributed by atoms with van der Waals surface area (Å²) in [4.78, 5) is 0. The Morgan fingerprint density at radius 3 is 3.06 bits per heavy atom. The lowest BCUT2D eigenvalue weighted by molar-refractivity contribution is 0.438. The Balaban J connectivity index is 1.75. The molecule has 0 bridgehead atoms. The summed E-state index contributed by atoms with van der Waals surface area (Å²) >= 11 is 0. The average molecular weight is 231 g/mol. The number of phenols is 1. The predicted molar refractivity (Wildman–Crippen MR) is 69.1 cm³/mol. The Hall–Kier alpha value is -1.02. The molecule has 0 heterocycles. The molecule has 3 atom stereocenters. The van der Waals surface area contributed by atoms with Gasteiger partial charge in [0.1, 0.15) is 5.75 Å². The lowest BCUT2D eigenvalue weighted by atomic mass is 9.87. The molecule has 3 unspecified atom stereocenters. The topological polar surface area (TPSA) is 32.3 Å². The van der Waals surface area contributed by atoms with Gasteiger partial charge in [0.25, 0.3) is 0 Å². The van der Waals surface area contributed by atoms with Gasteiger partial charge in [-0.15, -0.1) is 0 Å². The SMILES string of the molecule is CCC1CC1NC1CCCc2cc(O)ccc21. The van der Waals surface area contributed by atoms with Crippen LogP contribution < -0.4 is 5.32 Å². The zero-order chi connectivity index (χ0) is 11.8. The van der Waals surface area contributed by atoms with Gasteiger partial charge in [-0.05, 0) is 54.9 Å². The number of benzene rings is 1. The first kappa shape index (κ1) is 11.1. The lowest BCUT2D eigenvalue weighted by Gasteiger charge is -2.27. The molecule has 3 rings (SSSR count). The van der Waals surface area contributed by atoms with Crippen LogP contribution in [0.15, 0.2) is 18.2 Å². The number of hydrogen-bond acceptors (Lipinski definition) is 2. The fourth-order valence-electron chi connectivity index (χ4n) is 3.14. The third kappa shape index (κ3) is 2.19. The minimum atomic E-state index is 0.405. The number of aryl methyl sites for hydroxylation is 1. The Morgan fingerprint density at radius 1 is 1.41 bits per heavy atom. The number of phenolic OH excluding ortho intramolecular Hbond substituents is 1. The van der Waals surface area contributed by atoms with Crippen molar-refractivity contribution in [2.45, 2.75) is 51.1 Å². The first-order valence-corrected chi connectivity index (χ1v) is 6.85. The molecular formula is C15H21NO. The van der Waals surface area contributed by atoms with Gasteiger partial charge in [0.05, 0.1) is 0 Å². The Morgan fingerprint density at radius 2 is 2.29 bits per heavy atom. The van der Waals surface area contributed by atoms with Gasteiger partial charge in [-0.2, -0.15) is 0 Å². The second kappa shape index (κ2) is 4.34. The second-order valence-electron chi connectivity index (χ2n) is 5.51. The van der Waals surface area contributed by atoms with E-state index in [0.717, 1.165) is 18.4 Å². The molecule has 0 saturated heterocycles. The van der Waals surface area contributed by atoms with E-state index in [1.165, 1.54) is 36.8 Å². The van der Waals surface area contributed by atoms with E-state index in [2.05, 4.69) is 18.3 Å². The quantitative estimate of drug-likeness (QED) is 0.837. The molecule has 0 spiro atoms. The summed E-state index contributed by atoms with van der Waals surface area (Å²) in [6, 6.07) is 7.12. The fraction of sp³-hybridized carbons (Fsp3) is 0.600. The number of nitrogens with one attached hydrogen (secondary N) is 1. The van der Waals surface area contributed by atoms with Crippen molar-refractivity contribution < 1.29 is 5.11 Å². The number of fused-ring (bicyclic) bond motifs is 1. The highest BCUT2D eigenvalue weighted by Crippen LogP contribution is 2.38. The Labute approximate surface area is 103 Å². The largest absolute Gasteiger partial charge is 0.508 e. The summed E-state index contributed by atoms with van der Waals surface area (Å²) in [7, 11) is 0. The number of aromatic hydroxyl groups is 1. The van der Waals surface area contributed by atoms with Gasteiger partial charge in [0, 0.05) is 12.1 Å². The maximum atomic E-state index is 9.53. The summed E-state index contributed by atoms with van der Waals surface area (Å²) in [5.41, 5.74) is 2.75. The highest BCUT2D eigenvalue weighted by atomic mass is 16.3. The number of rotatable bonds is 3. The highest BCUT2D eigenvalue weighted by molar-refractivity contribution is 5.38. The summed E-state index contributed by atoms with van der Waals surface area (Å²) in [6.45, 7) is 2.28. The van der Waals surface area contributed by atoms with Crippen LogP contribution in [0, 0.1) is 5.92 Å². The van der Waals surface area contributed by atoms with E-state index in [9.17, 15) is 5.11 Å². The molecule has 2 aliphatic rings. The first-order valence-electron chi connectivity index (χ1n) is 6.85. The van der Waals surface area contributed by atoms with E-state index in [4.69, 9.17) is 0 Å². The minimum Gasteiger partial charge on any atom is -0.508 e. The molecule has 2 aliphatic carbocycles. The van der Waals surface area contributed by atoms with Crippen molar-refractivity contribution in [3.05, 3.63) is 29.3 Å². The summed E-state index contributed by atoms with van der Waals surface area (Å²) < 4.78 is 0. The van der Waals surface area contributed by atoms with E-state index in [1.807, 2.05) is 12.1 Å². The smallest absolute Gasteiger partial charge is 0.115 e. The van der Waals surface area contributed by atoms with E-state index in [-0.39, 0.29) is 0 Å². The molecule has 0 aliphatic heterocycles. The van der Waals surface area contributed by atoms with Crippen molar-refractivity contribution in [1.29, 1.82) is 0 Å². The van der Waals surface area contributed by atoms with Gasteiger partial charge in [-0.25, -0.2) is 0 Å². The molecule has 2 N–H and O–H groups in total. The zero-order valence-electron chi connectivity index (χ0n) is 10.4. The van der Waals surface area contributed by atoms with Gasteiger partial charge in [-0.3, -0.25) is 0 Å². The van der Waals surface area contributed by atoms with Crippen molar-refractivity contribution in [1.82, 2.24) is 5.32 Å². The normalized spacial score (nSPS) is 31.0. The van der Waals surface area contributed by atoms with E-state index in [1.54, 1.807) is 0 Å². The van der Waals surface area contributed by atoms with Crippen LogP contribution in [-0.2, 0) is 6.42 Å². The Kier molecular flexibility index (Phi) is 2.83. The van der Waals surface area contributed by atoms with E-state index in [0.29, 0.717) is 11.8 Å². The molecular weight excluding hydrogens is 210 g/mol. The van der Waals surface area contributed by atoms with Crippen LogP contribution in [0.1, 0.15) is 49.8 Å². The molecule has 1 fully saturated rings. The van der Waals surface area contributed by atoms with Crippen molar-refractivity contribution in [2.24, 2.45) is 5.92 Å². The zero-order valence-corrected chi connectivity index (χ0v) is 10.4. The Bertz CT molecular complexity index is 415. The summed E-state index contributed by atoms with van der Waals surface area (Å²) in [6.07, 6.45) is 6.24. The lowest BCUT2D eigenvalue weighted by Crippen LogP contribution is -2.27. The molecule has 0 amide bonds. The summed E-state index contributed by atoms with van der Waals surface area (Å²) in [5.74, 6) is 1.31. The van der Waals surface area contributed by atoms with Crippen LogP contribution in [0.5, 0.6) is 5.75 Å². The molecule has 2 nitrogen and oxygen atoms in total. The molecule has 0 radical (unpaired) electrons. The van der Waals surface area contributed by atoms with Gasteiger partial charge in [-0.1, -0.05) is 19.4 Å². The van der Waals surface area contributed by atoms with Gasteiger partial charge < -0.3 is 10.4 Å². The fourth-order valence-corrected chi connectivity index (χ4v) is 3.14. The van der Waals surface area contributed by atoms with Crippen molar-refractivity contribution >= 4 is 0 Å². The minimum absolute atomic E-state index is 0.405. The maximum absolute atomic E-state index is 9.53. The van der Waals surface area contributed by atoms with Gasteiger partial charge >= 0.3 is 0 Å². The third-order valence-electron chi connectivity index (χ3n) is 4.30. The van der Waals surface area contributed by atoms with Crippen molar-refractivity contribution in [2.75, 3.05) is 0 Å². The highest BCUT2D eigenvalue weighted by Gasteiger charge is 2.37. The van der Waals surface area contributed by atoms with Gasteiger partial charge in [0.2, 0.25) is 0 Å². The van der Waals surface area contributed by atoms with Crippen LogP contribution >= 0.6 is 0 Å². The van der Waals surface area contributed by atoms with Crippen LogP contribution in [0.3, 0.4) is 0 Å². The predicted octanol–water partition coefficient (Wildman–Crippen LogP) is 3.16. The average Bonchev–Trinajstić information content (AvgIpc) is 3.07. The second-order valence-corrected chi connectivity index (χ2v) is 5.51. The monoisotopic (exact) mass is 231 g/mol. The molecule has 1 saturated carbocycles. The van der Waals surface area contributed by atoms with Crippen LogP contribution in [0.4, 0.5) is 0 Å². The molecule has 17 heavy (non-hydrogen) atoms. The van der Waals surface area contributed by atoms with E-state index < -0.39 is 0 Å². The molecule has 2 heteroatoms. The molecule has 92 valence electrons. The summed E-state index contributed by atoms with van der Waals surface area (Å²) in [5, 5.41) is 13.3. The third-order valence-corrected chi connectivity index (χ3v) is 4.30. The number of hydrogen-bond donors (Lipinski definition) is 2.